The standard InChI is InChI=1S/C45H73N7O19/c1-3-4-5-6-7-8-9-10-11-12-13-14-34(54)47-28(41(62)63)16-22-36(56)49-30(43(66)67)18-24-38(58)51-32(45(70)71)20-26-39(59)52-31(44(68)69)19-25-37(57)50-29(42(64)65)17-23-35(55)48-27(40(60)61)15-21-33(53)46-2/h27-32H,3-26H2,1-2H3,(H,46,53)(H,47,54)(H,48,55)(H,49,56)(H,50,57)(H,51,58)(H,52,59)(H,60,61)(H,62,63)(H,64,65)(H,66,67)(H,68,69)(H,70,71). The van der Waals surface area contributed by atoms with Crippen molar-refractivity contribution in [1.29, 1.82) is 0 Å². The lowest BCUT2D eigenvalue weighted by molar-refractivity contribution is -0.144. The van der Waals surface area contributed by atoms with Gasteiger partial charge in [0.05, 0.1) is 0 Å². The number of rotatable bonds is 42. The topological polar surface area (TPSA) is 428 Å². The van der Waals surface area contributed by atoms with Gasteiger partial charge in [-0.15, -0.1) is 0 Å². The molecule has 0 saturated heterocycles. The van der Waals surface area contributed by atoms with E-state index in [1.165, 1.54) is 45.6 Å². The summed E-state index contributed by atoms with van der Waals surface area (Å²) in [6.07, 6.45) is 5.80. The van der Waals surface area contributed by atoms with E-state index in [9.17, 15) is 93.0 Å². The molecule has 0 saturated carbocycles. The first kappa shape index (κ1) is 64.1. The number of hydrogen-bond acceptors (Lipinski definition) is 13. The van der Waals surface area contributed by atoms with Gasteiger partial charge in [-0.25, -0.2) is 28.8 Å². The molecule has 402 valence electrons. The van der Waals surface area contributed by atoms with Crippen molar-refractivity contribution >= 4 is 77.2 Å². The smallest absolute Gasteiger partial charge is 0.326 e. The zero-order valence-corrected chi connectivity index (χ0v) is 40.4. The van der Waals surface area contributed by atoms with Crippen LogP contribution < -0.4 is 37.2 Å². The van der Waals surface area contributed by atoms with Gasteiger partial charge < -0.3 is 67.9 Å². The van der Waals surface area contributed by atoms with Gasteiger partial charge in [-0.1, -0.05) is 71.1 Å². The molecule has 0 bridgehead atoms. The Morgan fingerprint density at radius 2 is 0.465 bits per heavy atom. The van der Waals surface area contributed by atoms with E-state index >= 15 is 0 Å². The summed E-state index contributed by atoms with van der Waals surface area (Å²) in [6, 6.07) is -9.68. The fourth-order valence-electron chi connectivity index (χ4n) is 6.87. The number of carboxylic acid groups (broad SMARTS) is 6. The van der Waals surface area contributed by atoms with Crippen LogP contribution in [-0.4, -0.2) is 151 Å². The fourth-order valence-corrected chi connectivity index (χ4v) is 6.87. The maximum Gasteiger partial charge on any atom is 0.326 e. The van der Waals surface area contributed by atoms with Crippen LogP contribution in [0.15, 0.2) is 0 Å². The quantitative estimate of drug-likeness (QED) is 0.0371. The van der Waals surface area contributed by atoms with Crippen LogP contribution in [0.2, 0.25) is 0 Å². The average Bonchev–Trinajstić information content (AvgIpc) is 3.30. The highest BCUT2D eigenvalue weighted by atomic mass is 16.4. The second-order valence-electron chi connectivity index (χ2n) is 16.9. The van der Waals surface area contributed by atoms with E-state index in [4.69, 9.17) is 0 Å². The molecule has 26 nitrogen and oxygen atoms in total. The normalized spacial score (nSPS) is 13.3. The Hall–Kier alpha value is -6.89. The van der Waals surface area contributed by atoms with E-state index in [1.54, 1.807) is 0 Å². The predicted molar refractivity (Wildman–Crippen MR) is 248 cm³/mol. The minimum Gasteiger partial charge on any atom is -0.480 e. The van der Waals surface area contributed by atoms with Crippen LogP contribution in [0.3, 0.4) is 0 Å². The summed E-state index contributed by atoms with van der Waals surface area (Å²) in [6.45, 7) is 2.17. The zero-order valence-electron chi connectivity index (χ0n) is 40.4. The lowest BCUT2D eigenvalue weighted by atomic mass is 10.0. The lowest BCUT2D eigenvalue weighted by Crippen LogP contribution is -2.46. The van der Waals surface area contributed by atoms with Crippen molar-refractivity contribution in [2.24, 2.45) is 0 Å². The highest BCUT2D eigenvalue weighted by Crippen LogP contribution is 2.13. The van der Waals surface area contributed by atoms with Gasteiger partial charge in [0.2, 0.25) is 41.4 Å². The van der Waals surface area contributed by atoms with E-state index in [2.05, 4.69) is 44.1 Å². The Morgan fingerprint density at radius 3 is 0.662 bits per heavy atom. The van der Waals surface area contributed by atoms with E-state index in [0.717, 1.165) is 25.7 Å². The van der Waals surface area contributed by atoms with Gasteiger partial charge in [-0.2, -0.15) is 0 Å². The van der Waals surface area contributed by atoms with Gasteiger partial charge in [0.1, 0.15) is 36.3 Å². The van der Waals surface area contributed by atoms with Crippen LogP contribution in [0.4, 0.5) is 0 Å². The molecule has 0 aliphatic rings. The Morgan fingerprint density at radius 1 is 0.282 bits per heavy atom. The minimum atomic E-state index is -1.73. The monoisotopic (exact) mass is 1020 g/mol. The molecule has 6 unspecified atom stereocenters. The minimum absolute atomic E-state index is 0.0972. The maximum absolute atomic E-state index is 12.6. The molecule has 0 rings (SSSR count). The van der Waals surface area contributed by atoms with Crippen molar-refractivity contribution in [1.82, 2.24) is 37.2 Å². The molecule has 13 N–H and O–H groups in total. The molecule has 6 atom stereocenters. The van der Waals surface area contributed by atoms with Gasteiger partial charge >= 0.3 is 35.8 Å². The summed E-state index contributed by atoms with van der Waals surface area (Å²) in [5.41, 5.74) is 0. The molecular weight excluding hydrogens is 943 g/mol. The number of amides is 7. The number of aliphatic carboxylic acids is 6. The first-order chi connectivity index (χ1) is 33.5. The first-order valence-corrected chi connectivity index (χ1v) is 23.8. The zero-order chi connectivity index (χ0) is 53.9. The van der Waals surface area contributed by atoms with Gasteiger partial charge in [0.25, 0.3) is 0 Å². The largest absolute Gasteiger partial charge is 0.480 e. The SMILES string of the molecule is CCCCCCCCCCCCCC(=O)NC(CCC(=O)NC(CCC(=O)NC(CCC(=O)NC(CCC(=O)NC(CCC(=O)NC(CCC(=O)NC)C(=O)O)C(=O)O)C(=O)O)C(=O)O)C(=O)O)C(=O)O. The Balaban J connectivity index is 4.96. The molecule has 0 aromatic carbocycles. The van der Waals surface area contributed by atoms with Crippen LogP contribution in [0.1, 0.15) is 161 Å². The second kappa shape index (κ2) is 37.0. The number of carbonyl (C=O) groups excluding carboxylic acids is 7. The first-order valence-electron chi connectivity index (χ1n) is 23.8. The maximum atomic E-state index is 12.6. The van der Waals surface area contributed by atoms with Crippen LogP contribution in [0.5, 0.6) is 0 Å². The average molecular weight is 1020 g/mol. The van der Waals surface area contributed by atoms with E-state index in [1.807, 2.05) is 0 Å². The molecule has 0 aromatic heterocycles. The molecule has 0 spiro atoms. The van der Waals surface area contributed by atoms with Crippen molar-refractivity contribution in [3.05, 3.63) is 0 Å². The van der Waals surface area contributed by atoms with Gasteiger partial charge in [-0.3, -0.25) is 33.6 Å². The van der Waals surface area contributed by atoms with Crippen molar-refractivity contribution in [3.8, 4) is 0 Å². The van der Waals surface area contributed by atoms with Gasteiger partial charge in [-0.05, 0) is 44.9 Å². The summed E-state index contributed by atoms with van der Waals surface area (Å²) in [4.78, 5) is 157. The molecule has 0 radical (unpaired) electrons. The van der Waals surface area contributed by atoms with Crippen LogP contribution in [0.25, 0.3) is 0 Å². The highest BCUT2D eigenvalue weighted by Gasteiger charge is 2.29. The van der Waals surface area contributed by atoms with Crippen molar-refractivity contribution in [2.75, 3.05) is 7.05 Å². The molecule has 71 heavy (non-hydrogen) atoms. The molecule has 7 amide bonds. The van der Waals surface area contributed by atoms with Crippen molar-refractivity contribution in [2.45, 2.75) is 197 Å². The van der Waals surface area contributed by atoms with E-state index in [-0.39, 0.29) is 25.7 Å². The fraction of sp³-hybridized carbons (Fsp3) is 0.711. The second-order valence-corrected chi connectivity index (χ2v) is 16.9. The van der Waals surface area contributed by atoms with Gasteiger partial charge in [0.15, 0.2) is 0 Å². The summed E-state index contributed by atoms with van der Waals surface area (Å²) in [7, 11) is 1.33. The van der Waals surface area contributed by atoms with E-state index < -0.39 is 171 Å². The van der Waals surface area contributed by atoms with Crippen LogP contribution >= 0.6 is 0 Å². The van der Waals surface area contributed by atoms with E-state index in [0.29, 0.717) is 6.42 Å². The van der Waals surface area contributed by atoms with Crippen molar-refractivity contribution in [3.63, 3.8) is 0 Å². The summed E-state index contributed by atoms with van der Waals surface area (Å²) in [5, 5.41) is 72.5. The molecule has 0 aromatic rings. The molecule has 0 aliphatic carbocycles. The summed E-state index contributed by atoms with van der Waals surface area (Å²) in [5.74, 6) is -15.0. The third kappa shape index (κ3) is 31.8. The number of unbranched alkanes of at least 4 members (excludes halogenated alkanes) is 10. The summed E-state index contributed by atoms with van der Waals surface area (Å²) >= 11 is 0. The Labute approximate surface area is 411 Å². The van der Waals surface area contributed by atoms with Crippen molar-refractivity contribution < 1.29 is 93.0 Å². The molecule has 0 fully saturated rings. The van der Waals surface area contributed by atoms with Gasteiger partial charge in [0, 0.05) is 52.0 Å². The molecule has 0 aliphatic heterocycles. The molecule has 26 heteroatoms. The molecule has 0 heterocycles. The lowest BCUT2D eigenvalue weighted by Gasteiger charge is -2.19. The van der Waals surface area contributed by atoms with Crippen LogP contribution in [0, 0.1) is 0 Å². The predicted octanol–water partition coefficient (Wildman–Crippen LogP) is 0.531. The highest BCUT2D eigenvalue weighted by molar-refractivity contribution is 5.89. The number of carbonyl (C=O) groups is 13. The Kier molecular flexibility index (Phi) is 33.4. The summed E-state index contributed by atoms with van der Waals surface area (Å²) < 4.78 is 0. The Bertz CT molecular complexity index is 1810. The number of carboxylic acids is 6. The van der Waals surface area contributed by atoms with Crippen LogP contribution in [-0.2, 0) is 62.3 Å². The third-order valence-corrected chi connectivity index (χ3v) is 11.0. The number of hydrogen-bond donors (Lipinski definition) is 13. The third-order valence-electron chi connectivity index (χ3n) is 11.0. The molecular formula is C45H73N7O19. The number of nitrogens with one attached hydrogen (secondary N) is 7.